The van der Waals surface area contributed by atoms with Crippen LogP contribution in [0.1, 0.15) is 28.8 Å². The van der Waals surface area contributed by atoms with E-state index in [0.29, 0.717) is 12.1 Å². The van der Waals surface area contributed by atoms with Crippen LogP contribution in [0.3, 0.4) is 0 Å². The molecule has 174 valence electrons. The second kappa shape index (κ2) is 8.38. The van der Waals surface area contributed by atoms with Gasteiger partial charge in [0.15, 0.2) is 5.82 Å². The Morgan fingerprint density at radius 2 is 1.76 bits per heavy atom. The molecule has 0 amide bonds. The van der Waals surface area contributed by atoms with Crippen LogP contribution in [-0.4, -0.2) is 43.8 Å². The number of nitrogens with one attached hydrogen (secondary N) is 1. The number of hydrogen-bond donors (Lipinski definition) is 2. The Hall–Kier alpha value is -3.05. The van der Waals surface area contributed by atoms with E-state index in [1.165, 1.54) is 29.4 Å². The van der Waals surface area contributed by atoms with Gasteiger partial charge in [-0.05, 0) is 49.6 Å². The Balaban J connectivity index is 1.83. The number of aromatic nitrogens is 1. The van der Waals surface area contributed by atoms with Crippen LogP contribution >= 0.6 is 0 Å². The van der Waals surface area contributed by atoms with Crippen LogP contribution < -0.4 is 0 Å². The number of nitrogens with zero attached hydrogens (tertiary/aromatic N) is 2. The first-order valence-corrected chi connectivity index (χ1v) is 11.5. The van der Waals surface area contributed by atoms with Crippen molar-refractivity contribution in [2.24, 2.45) is 0 Å². The third-order valence-corrected chi connectivity index (χ3v) is 7.70. The lowest BCUT2D eigenvalue weighted by Crippen LogP contribution is -2.38. The van der Waals surface area contributed by atoms with E-state index in [-0.39, 0.29) is 48.0 Å². The molecule has 1 fully saturated rings. The maximum atomic E-state index is 15.0. The number of carboxylic acids is 1. The van der Waals surface area contributed by atoms with Crippen LogP contribution in [0.4, 0.5) is 17.6 Å². The minimum Gasteiger partial charge on any atom is -0.478 e. The summed E-state index contributed by atoms with van der Waals surface area (Å²) in [7, 11) is -3.79. The van der Waals surface area contributed by atoms with Gasteiger partial charge in [0.25, 0.3) is 0 Å². The van der Waals surface area contributed by atoms with Gasteiger partial charge in [-0.15, -0.1) is 0 Å². The number of aromatic carboxylic acids is 1. The van der Waals surface area contributed by atoms with Gasteiger partial charge in [0.2, 0.25) is 0 Å². The van der Waals surface area contributed by atoms with Gasteiger partial charge in [-0.1, -0.05) is 6.07 Å². The fourth-order valence-electron chi connectivity index (χ4n) is 3.87. The molecule has 33 heavy (non-hydrogen) atoms. The summed E-state index contributed by atoms with van der Waals surface area (Å²) in [6.45, 7) is 1.37. The minimum atomic E-state index is -3.79. The second-order valence-electron chi connectivity index (χ2n) is 7.83. The first kappa shape index (κ1) is 23.1. The van der Waals surface area contributed by atoms with Crippen molar-refractivity contribution in [3.05, 3.63) is 58.9 Å². The van der Waals surface area contributed by atoms with Crippen molar-refractivity contribution in [1.29, 1.82) is 4.78 Å². The first-order chi connectivity index (χ1) is 15.5. The molecular weight excluding hydrogens is 462 g/mol. The zero-order chi connectivity index (χ0) is 24.1. The summed E-state index contributed by atoms with van der Waals surface area (Å²) in [6.07, 6.45) is -0.968. The third-order valence-electron chi connectivity index (χ3n) is 5.74. The number of aryl methyl sites for hydroxylation is 1. The van der Waals surface area contributed by atoms with Crippen molar-refractivity contribution in [3.63, 3.8) is 0 Å². The van der Waals surface area contributed by atoms with Gasteiger partial charge in [-0.2, -0.15) is 0 Å². The fraction of sp³-hybridized carbons (Fsp3) is 0.273. The highest BCUT2D eigenvalue weighted by Gasteiger charge is 2.29. The Bertz CT molecular complexity index is 1360. The molecule has 0 spiro atoms. The lowest BCUT2D eigenvalue weighted by atomic mass is 10.0. The van der Waals surface area contributed by atoms with E-state index in [1.54, 1.807) is 0 Å². The Kier molecular flexibility index (Phi) is 5.87. The highest BCUT2D eigenvalue weighted by atomic mass is 32.2. The molecule has 2 N–H and O–H groups in total. The molecule has 1 aliphatic heterocycles. The van der Waals surface area contributed by atoms with Crippen molar-refractivity contribution in [2.45, 2.75) is 30.8 Å². The number of benzene rings is 2. The summed E-state index contributed by atoms with van der Waals surface area (Å²) < 4.78 is 80.9. The number of fused-ring (bicyclic) bond motifs is 1. The summed E-state index contributed by atoms with van der Waals surface area (Å²) in [5, 5.41) is 9.46. The predicted octanol–water partition coefficient (Wildman–Crippen LogP) is 5.08. The molecule has 1 aromatic heterocycles. The molecular formula is C22H19F4N3O3S. The largest absolute Gasteiger partial charge is 0.478 e. The van der Waals surface area contributed by atoms with Gasteiger partial charge in [0.05, 0.1) is 21.5 Å². The molecule has 4 rings (SSSR count). The lowest BCUT2D eigenvalue weighted by Gasteiger charge is -2.30. The molecule has 1 atom stereocenters. The molecule has 2 heterocycles. The molecule has 0 saturated carbocycles. The number of alkyl halides is 1. The smallest absolute Gasteiger partial charge is 0.335 e. The van der Waals surface area contributed by atoms with Crippen molar-refractivity contribution in [3.8, 4) is 11.3 Å². The average Bonchev–Trinajstić information content (AvgIpc) is 2.76. The summed E-state index contributed by atoms with van der Waals surface area (Å²) in [6, 6.07) is 5.20. The summed E-state index contributed by atoms with van der Waals surface area (Å²) in [4.78, 5) is 14.8. The van der Waals surface area contributed by atoms with Gasteiger partial charge < -0.3 is 5.11 Å². The number of halogens is 4. The number of pyridine rings is 1. The second-order valence-corrected chi connectivity index (χ2v) is 9.87. The third kappa shape index (κ3) is 4.06. The number of carbonyl (C=O) groups is 1. The van der Waals surface area contributed by atoms with Crippen molar-refractivity contribution >= 4 is 26.8 Å². The van der Waals surface area contributed by atoms with Gasteiger partial charge in [-0.3, -0.25) is 0 Å². The summed E-state index contributed by atoms with van der Waals surface area (Å²) in [5.41, 5.74) is -1.56. The number of rotatable bonds is 4. The lowest BCUT2D eigenvalue weighted by molar-refractivity contribution is 0.0697. The summed E-state index contributed by atoms with van der Waals surface area (Å²) >= 11 is 0. The monoisotopic (exact) mass is 481 g/mol. The van der Waals surface area contributed by atoms with Gasteiger partial charge in [-0.25, -0.2) is 40.6 Å². The highest BCUT2D eigenvalue weighted by molar-refractivity contribution is 7.90. The van der Waals surface area contributed by atoms with E-state index in [0.717, 1.165) is 0 Å². The Morgan fingerprint density at radius 1 is 1.15 bits per heavy atom. The van der Waals surface area contributed by atoms with Crippen LogP contribution in [0.2, 0.25) is 0 Å². The molecule has 1 unspecified atom stereocenters. The van der Waals surface area contributed by atoms with E-state index in [2.05, 4.69) is 4.98 Å². The quantitative estimate of drug-likeness (QED) is 0.508. The van der Waals surface area contributed by atoms with Gasteiger partial charge in [0, 0.05) is 18.5 Å². The maximum absolute atomic E-state index is 15.0. The normalized spacial score (nSPS) is 17.2. The molecule has 6 nitrogen and oxygen atoms in total. The zero-order valence-corrected chi connectivity index (χ0v) is 18.2. The van der Waals surface area contributed by atoms with Crippen LogP contribution in [0.5, 0.6) is 0 Å². The maximum Gasteiger partial charge on any atom is 0.335 e. The Morgan fingerprint density at radius 3 is 2.33 bits per heavy atom. The first-order valence-electron chi connectivity index (χ1n) is 10.0. The molecule has 0 aliphatic carbocycles. The average molecular weight is 481 g/mol. The molecule has 2 aromatic carbocycles. The van der Waals surface area contributed by atoms with E-state index >= 15 is 13.2 Å². The molecule has 0 bridgehead atoms. The molecule has 0 radical (unpaired) electrons. The van der Waals surface area contributed by atoms with Gasteiger partial charge in [0.1, 0.15) is 33.4 Å². The Labute approximate surface area is 187 Å². The van der Waals surface area contributed by atoms with Crippen molar-refractivity contribution in [2.75, 3.05) is 13.1 Å². The fourth-order valence-corrected chi connectivity index (χ4v) is 5.42. The number of carboxylic acid groups (broad SMARTS) is 1. The van der Waals surface area contributed by atoms with Gasteiger partial charge >= 0.3 is 5.97 Å². The minimum absolute atomic E-state index is 0.000450. The number of piperidine rings is 1. The van der Waals surface area contributed by atoms with Crippen LogP contribution in [0, 0.1) is 29.2 Å². The van der Waals surface area contributed by atoms with Crippen molar-refractivity contribution in [1.82, 2.24) is 9.29 Å². The van der Waals surface area contributed by atoms with E-state index in [4.69, 9.17) is 4.78 Å². The predicted molar refractivity (Wildman–Crippen MR) is 114 cm³/mol. The van der Waals surface area contributed by atoms with Crippen LogP contribution in [0.25, 0.3) is 22.2 Å². The topological polar surface area (TPSA) is 94.4 Å². The van der Waals surface area contributed by atoms with Crippen LogP contribution in [-0.2, 0) is 9.92 Å². The van der Waals surface area contributed by atoms with E-state index in [1.807, 2.05) is 0 Å². The number of hydrogen-bond acceptors (Lipinski definition) is 4. The molecule has 1 saturated heterocycles. The standard InChI is InChI=1S/C22H19F4N3O3S/c1-11-15-3-2-12(22(30)31)8-18(15)28-21(20(11)26)19-16(24)9-14(10-17(19)25)33(27,32)29-6-4-13(23)5-7-29/h2-3,8-10,13,27H,4-7H2,1H3,(H,30,31). The molecule has 3 aromatic rings. The highest BCUT2D eigenvalue weighted by Crippen LogP contribution is 2.34. The molecule has 11 heteroatoms. The summed E-state index contributed by atoms with van der Waals surface area (Å²) in [5.74, 6) is -4.78. The SMILES string of the molecule is Cc1c(F)c(-c2c(F)cc(S(=N)(=O)N3CCC(F)CC3)cc2F)nc2cc(C(=O)O)ccc12. The van der Waals surface area contributed by atoms with E-state index < -0.39 is 55.7 Å². The van der Waals surface area contributed by atoms with Crippen molar-refractivity contribution < 1.29 is 31.7 Å². The van der Waals surface area contributed by atoms with Crippen LogP contribution in [0.15, 0.2) is 35.2 Å². The molecule has 1 aliphatic rings. The zero-order valence-electron chi connectivity index (χ0n) is 17.4. The van der Waals surface area contributed by atoms with E-state index in [9.17, 15) is 18.5 Å².